The summed E-state index contributed by atoms with van der Waals surface area (Å²) in [5.74, 6) is 1.58. The van der Waals surface area contributed by atoms with E-state index < -0.39 is 0 Å². The summed E-state index contributed by atoms with van der Waals surface area (Å²) in [6, 6.07) is 19.5. The molecule has 1 unspecified atom stereocenters. The predicted molar refractivity (Wildman–Crippen MR) is 111 cm³/mol. The molecule has 4 rings (SSSR count). The van der Waals surface area contributed by atoms with Gasteiger partial charge in [0.1, 0.15) is 5.76 Å². The van der Waals surface area contributed by atoms with Gasteiger partial charge in [0.2, 0.25) is 0 Å². The van der Waals surface area contributed by atoms with Gasteiger partial charge in [-0.05, 0) is 48.9 Å². The van der Waals surface area contributed by atoms with Crippen molar-refractivity contribution in [3.8, 4) is 0 Å². The van der Waals surface area contributed by atoms with Gasteiger partial charge in [-0.2, -0.15) is 0 Å². The van der Waals surface area contributed by atoms with E-state index in [0.717, 1.165) is 33.3 Å². The Kier molecular flexibility index (Phi) is 5.48. The van der Waals surface area contributed by atoms with Gasteiger partial charge in [0.25, 0.3) is 5.91 Å². The fraction of sp³-hybridized carbons (Fsp3) is 0.182. The number of imidazole rings is 1. The van der Waals surface area contributed by atoms with Crippen molar-refractivity contribution in [2.45, 2.75) is 30.3 Å². The molecule has 28 heavy (non-hydrogen) atoms. The lowest BCUT2D eigenvalue weighted by atomic mass is 10.1. The summed E-state index contributed by atoms with van der Waals surface area (Å²) >= 11 is 1.65. The molecule has 2 aromatic carbocycles. The number of nitrogens with zero attached hydrogens (tertiary/aromatic N) is 1. The number of fused-ring (bicyclic) bond motifs is 1. The summed E-state index contributed by atoms with van der Waals surface area (Å²) < 4.78 is 5.33. The van der Waals surface area contributed by atoms with Crippen LogP contribution in [0.25, 0.3) is 11.0 Å². The maximum absolute atomic E-state index is 12.4. The molecule has 4 aromatic rings. The number of benzene rings is 2. The lowest BCUT2D eigenvalue weighted by Gasteiger charge is -2.12. The SMILES string of the molecule is CC(Cc1ccco1)NC(=O)c1ccc(CSc2nc3ccccc3[nH]2)cc1. The third kappa shape index (κ3) is 4.46. The van der Waals surface area contributed by atoms with Gasteiger partial charge in [-0.15, -0.1) is 0 Å². The number of rotatable bonds is 7. The number of hydrogen-bond donors (Lipinski definition) is 2. The summed E-state index contributed by atoms with van der Waals surface area (Å²) in [6.45, 7) is 1.97. The van der Waals surface area contributed by atoms with Crippen LogP contribution >= 0.6 is 11.8 Å². The molecule has 0 aliphatic heterocycles. The van der Waals surface area contributed by atoms with Gasteiger partial charge in [0.05, 0.1) is 17.3 Å². The second-order valence-corrected chi connectivity index (χ2v) is 7.67. The van der Waals surface area contributed by atoms with Crippen LogP contribution in [0.3, 0.4) is 0 Å². The fourth-order valence-corrected chi connectivity index (χ4v) is 3.83. The molecule has 6 heteroatoms. The van der Waals surface area contributed by atoms with Gasteiger partial charge in [0.15, 0.2) is 5.16 Å². The highest BCUT2D eigenvalue weighted by Gasteiger charge is 2.12. The third-order valence-electron chi connectivity index (χ3n) is 4.42. The molecule has 0 spiro atoms. The van der Waals surface area contributed by atoms with Crippen molar-refractivity contribution in [3.05, 3.63) is 83.8 Å². The van der Waals surface area contributed by atoms with E-state index in [1.807, 2.05) is 67.6 Å². The molecule has 2 N–H and O–H groups in total. The molecule has 2 heterocycles. The summed E-state index contributed by atoms with van der Waals surface area (Å²) in [6.07, 6.45) is 2.32. The average Bonchev–Trinajstić information content (AvgIpc) is 3.35. The number of aromatic amines is 1. The first-order valence-corrected chi connectivity index (χ1v) is 10.2. The topological polar surface area (TPSA) is 70.9 Å². The number of amides is 1. The summed E-state index contributed by atoms with van der Waals surface area (Å²) in [7, 11) is 0. The Hall–Kier alpha value is -2.99. The largest absolute Gasteiger partial charge is 0.469 e. The third-order valence-corrected chi connectivity index (χ3v) is 5.37. The lowest BCUT2D eigenvalue weighted by Crippen LogP contribution is -2.33. The number of para-hydroxylation sites is 2. The molecular formula is C22H21N3O2S. The highest BCUT2D eigenvalue weighted by atomic mass is 32.2. The Morgan fingerprint density at radius 1 is 1.14 bits per heavy atom. The van der Waals surface area contributed by atoms with Crippen molar-refractivity contribution in [2.24, 2.45) is 0 Å². The Labute approximate surface area is 167 Å². The minimum atomic E-state index is -0.0736. The van der Waals surface area contributed by atoms with Crippen molar-refractivity contribution in [1.29, 1.82) is 0 Å². The van der Waals surface area contributed by atoms with Crippen LogP contribution in [0.1, 0.15) is 28.6 Å². The first kappa shape index (κ1) is 18.4. The number of nitrogens with one attached hydrogen (secondary N) is 2. The molecule has 0 aliphatic carbocycles. The fourth-order valence-electron chi connectivity index (χ4n) is 2.99. The van der Waals surface area contributed by atoms with Crippen LogP contribution in [0.4, 0.5) is 0 Å². The van der Waals surface area contributed by atoms with E-state index in [-0.39, 0.29) is 11.9 Å². The smallest absolute Gasteiger partial charge is 0.251 e. The first-order valence-electron chi connectivity index (χ1n) is 9.17. The molecule has 142 valence electrons. The Morgan fingerprint density at radius 2 is 1.96 bits per heavy atom. The van der Waals surface area contributed by atoms with E-state index >= 15 is 0 Å². The predicted octanol–water partition coefficient (Wildman–Crippen LogP) is 4.81. The van der Waals surface area contributed by atoms with Crippen LogP contribution in [0.15, 0.2) is 76.5 Å². The maximum atomic E-state index is 12.4. The number of aromatic nitrogens is 2. The number of hydrogen-bond acceptors (Lipinski definition) is 4. The molecule has 1 atom stereocenters. The molecule has 0 saturated carbocycles. The van der Waals surface area contributed by atoms with Crippen molar-refractivity contribution in [3.63, 3.8) is 0 Å². The quantitative estimate of drug-likeness (QED) is 0.444. The van der Waals surface area contributed by atoms with Crippen LogP contribution < -0.4 is 5.32 Å². The zero-order valence-electron chi connectivity index (χ0n) is 15.5. The van der Waals surface area contributed by atoms with Gasteiger partial charge in [-0.1, -0.05) is 36.0 Å². The van der Waals surface area contributed by atoms with E-state index in [2.05, 4.69) is 15.3 Å². The highest BCUT2D eigenvalue weighted by Crippen LogP contribution is 2.23. The molecule has 0 bridgehead atoms. The molecule has 5 nitrogen and oxygen atoms in total. The molecule has 0 radical (unpaired) electrons. The van der Waals surface area contributed by atoms with Crippen LogP contribution in [-0.2, 0) is 12.2 Å². The standard InChI is InChI=1S/C22H21N3O2S/c1-15(13-18-5-4-12-27-18)23-21(26)17-10-8-16(9-11-17)14-28-22-24-19-6-2-3-7-20(19)25-22/h2-12,15H,13-14H2,1H3,(H,23,26)(H,24,25). The van der Waals surface area contributed by atoms with E-state index in [1.54, 1.807) is 18.0 Å². The summed E-state index contributed by atoms with van der Waals surface area (Å²) in [4.78, 5) is 20.3. The summed E-state index contributed by atoms with van der Waals surface area (Å²) in [5.41, 5.74) is 3.82. The zero-order valence-corrected chi connectivity index (χ0v) is 16.3. The van der Waals surface area contributed by atoms with Crippen molar-refractivity contribution >= 4 is 28.7 Å². The monoisotopic (exact) mass is 391 g/mol. The van der Waals surface area contributed by atoms with Gasteiger partial charge < -0.3 is 14.7 Å². The van der Waals surface area contributed by atoms with Crippen molar-refractivity contribution in [2.75, 3.05) is 0 Å². The Morgan fingerprint density at radius 3 is 2.71 bits per heavy atom. The van der Waals surface area contributed by atoms with Crippen LogP contribution in [-0.4, -0.2) is 21.9 Å². The minimum Gasteiger partial charge on any atom is -0.469 e. The average molecular weight is 391 g/mol. The van der Waals surface area contributed by atoms with E-state index in [0.29, 0.717) is 12.0 Å². The summed E-state index contributed by atoms with van der Waals surface area (Å²) in [5, 5.41) is 3.91. The first-order chi connectivity index (χ1) is 13.7. The van der Waals surface area contributed by atoms with E-state index in [4.69, 9.17) is 4.42 Å². The molecule has 2 aromatic heterocycles. The van der Waals surface area contributed by atoms with E-state index in [1.165, 1.54) is 0 Å². The maximum Gasteiger partial charge on any atom is 0.251 e. The Bertz CT molecular complexity index is 1020. The molecule has 0 saturated heterocycles. The second kappa shape index (κ2) is 8.35. The van der Waals surface area contributed by atoms with Crippen LogP contribution in [0.5, 0.6) is 0 Å². The van der Waals surface area contributed by atoms with Crippen molar-refractivity contribution in [1.82, 2.24) is 15.3 Å². The highest BCUT2D eigenvalue weighted by molar-refractivity contribution is 7.98. The Balaban J connectivity index is 1.32. The van der Waals surface area contributed by atoms with Gasteiger partial charge in [-0.3, -0.25) is 4.79 Å². The van der Waals surface area contributed by atoms with Crippen LogP contribution in [0.2, 0.25) is 0 Å². The van der Waals surface area contributed by atoms with E-state index in [9.17, 15) is 4.79 Å². The number of carbonyl (C=O) groups excluding carboxylic acids is 1. The zero-order chi connectivity index (χ0) is 19.3. The minimum absolute atomic E-state index is 0.00182. The normalized spacial score (nSPS) is 12.2. The molecule has 1 amide bonds. The van der Waals surface area contributed by atoms with Gasteiger partial charge in [-0.25, -0.2) is 4.98 Å². The van der Waals surface area contributed by atoms with Crippen molar-refractivity contribution < 1.29 is 9.21 Å². The van der Waals surface area contributed by atoms with Gasteiger partial charge in [0, 0.05) is 23.8 Å². The molecular weight excluding hydrogens is 370 g/mol. The van der Waals surface area contributed by atoms with Crippen LogP contribution in [0, 0.1) is 0 Å². The second-order valence-electron chi connectivity index (χ2n) is 6.70. The number of furan rings is 1. The number of thioether (sulfide) groups is 1. The molecule has 0 fully saturated rings. The number of H-pyrrole nitrogens is 1. The number of carbonyl (C=O) groups is 1. The van der Waals surface area contributed by atoms with Gasteiger partial charge >= 0.3 is 0 Å². The lowest BCUT2D eigenvalue weighted by molar-refractivity contribution is 0.0939. The molecule has 0 aliphatic rings.